The highest BCUT2D eigenvalue weighted by Gasteiger charge is 2.31. The van der Waals surface area contributed by atoms with Crippen LogP contribution in [0, 0.1) is 0 Å². The van der Waals surface area contributed by atoms with Gasteiger partial charge in [-0.1, -0.05) is 0 Å². The fraction of sp³-hybridized carbons (Fsp3) is 0.200. The SMILES string of the molecule is FC(F)(F)Oc1cccnn1. The molecule has 1 heterocycles. The van der Waals surface area contributed by atoms with Gasteiger partial charge in [0.1, 0.15) is 0 Å². The lowest BCUT2D eigenvalue weighted by atomic mass is 10.6. The van der Waals surface area contributed by atoms with Crippen molar-refractivity contribution >= 4 is 0 Å². The zero-order chi connectivity index (χ0) is 8.32. The van der Waals surface area contributed by atoms with Gasteiger partial charge in [-0.05, 0) is 6.07 Å². The van der Waals surface area contributed by atoms with Crippen molar-refractivity contribution in [2.45, 2.75) is 6.36 Å². The molecule has 0 bridgehead atoms. The Morgan fingerprint density at radius 2 is 2.09 bits per heavy atom. The molecule has 0 amide bonds. The molecule has 6 heteroatoms. The third-order valence-electron chi connectivity index (χ3n) is 0.768. The van der Waals surface area contributed by atoms with Crippen molar-refractivity contribution in [2.24, 2.45) is 0 Å². The van der Waals surface area contributed by atoms with Gasteiger partial charge in [-0.25, -0.2) is 0 Å². The lowest BCUT2D eigenvalue weighted by molar-refractivity contribution is -0.276. The Bertz CT molecular complexity index is 223. The van der Waals surface area contributed by atoms with E-state index in [1.54, 1.807) is 0 Å². The first-order valence-electron chi connectivity index (χ1n) is 2.61. The number of ether oxygens (including phenoxy) is 1. The van der Waals surface area contributed by atoms with Gasteiger partial charge in [0.25, 0.3) is 0 Å². The van der Waals surface area contributed by atoms with Crippen LogP contribution in [0.3, 0.4) is 0 Å². The van der Waals surface area contributed by atoms with E-state index in [0.29, 0.717) is 0 Å². The molecule has 0 aliphatic carbocycles. The molecular formula is C5H3F3N2O. The third kappa shape index (κ3) is 2.83. The number of hydrogen-bond acceptors (Lipinski definition) is 3. The van der Waals surface area contributed by atoms with E-state index in [2.05, 4.69) is 14.9 Å². The molecule has 0 spiro atoms. The summed E-state index contributed by atoms with van der Waals surface area (Å²) in [7, 11) is 0. The van der Waals surface area contributed by atoms with Gasteiger partial charge in [-0.2, -0.15) is 5.10 Å². The summed E-state index contributed by atoms with van der Waals surface area (Å²) in [5.41, 5.74) is 0. The molecule has 0 fully saturated rings. The second-order valence-electron chi connectivity index (χ2n) is 1.61. The first kappa shape index (κ1) is 7.77. The van der Waals surface area contributed by atoms with E-state index in [1.165, 1.54) is 12.3 Å². The van der Waals surface area contributed by atoms with Crippen molar-refractivity contribution < 1.29 is 17.9 Å². The van der Waals surface area contributed by atoms with Gasteiger partial charge in [-0.3, -0.25) is 0 Å². The van der Waals surface area contributed by atoms with Crippen molar-refractivity contribution in [3.8, 4) is 5.88 Å². The van der Waals surface area contributed by atoms with Crippen LogP contribution in [0.15, 0.2) is 18.3 Å². The maximum atomic E-state index is 11.5. The van der Waals surface area contributed by atoms with E-state index in [-0.39, 0.29) is 0 Å². The topological polar surface area (TPSA) is 35.0 Å². The number of aromatic nitrogens is 2. The Hall–Kier alpha value is -1.33. The van der Waals surface area contributed by atoms with E-state index in [1.807, 2.05) is 0 Å². The van der Waals surface area contributed by atoms with Crippen LogP contribution in [0.25, 0.3) is 0 Å². The molecule has 0 saturated heterocycles. The Morgan fingerprint density at radius 1 is 1.36 bits per heavy atom. The van der Waals surface area contributed by atoms with E-state index in [0.717, 1.165) is 6.07 Å². The lowest BCUT2D eigenvalue weighted by Crippen LogP contribution is -2.17. The van der Waals surface area contributed by atoms with Crippen LogP contribution in [0.2, 0.25) is 0 Å². The first-order valence-corrected chi connectivity index (χ1v) is 2.61. The van der Waals surface area contributed by atoms with Crippen LogP contribution >= 0.6 is 0 Å². The molecule has 0 atom stereocenters. The fourth-order valence-electron chi connectivity index (χ4n) is 0.460. The summed E-state index contributed by atoms with van der Waals surface area (Å²) in [6.07, 6.45) is -3.45. The number of hydrogen-bond donors (Lipinski definition) is 0. The summed E-state index contributed by atoms with van der Waals surface area (Å²) < 4.78 is 37.8. The molecule has 0 aromatic carbocycles. The minimum atomic E-state index is -4.70. The van der Waals surface area contributed by atoms with Gasteiger partial charge in [-0.15, -0.1) is 18.3 Å². The minimum Gasteiger partial charge on any atom is -0.386 e. The fourth-order valence-corrected chi connectivity index (χ4v) is 0.460. The van der Waals surface area contributed by atoms with Crippen molar-refractivity contribution in [3.05, 3.63) is 18.3 Å². The standard InChI is InChI=1S/C5H3F3N2O/c6-5(7,8)11-4-2-1-3-9-10-4/h1-3H. The molecule has 0 saturated carbocycles. The van der Waals surface area contributed by atoms with Crippen LogP contribution < -0.4 is 4.74 Å². The van der Waals surface area contributed by atoms with Crippen LogP contribution in [0.5, 0.6) is 5.88 Å². The highest BCUT2D eigenvalue weighted by atomic mass is 19.4. The summed E-state index contributed by atoms with van der Waals surface area (Å²) in [6.45, 7) is 0. The Morgan fingerprint density at radius 3 is 2.55 bits per heavy atom. The molecule has 0 N–H and O–H groups in total. The van der Waals surface area contributed by atoms with Crippen LogP contribution in [0.1, 0.15) is 0 Å². The van der Waals surface area contributed by atoms with E-state index >= 15 is 0 Å². The molecule has 0 aliphatic heterocycles. The van der Waals surface area contributed by atoms with Gasteiger partial charge in [0, 0.05) is 12.3 Å². The van der Waals surface area contributed by atoms with Gasteiger partial charge < -0.3 is 4.74 Å². The summed E-state index contributed by atoms with van der Waals surface area (Å²) in [5.74, 6) is -0.556. The smallest absolute Gasteiger partial charge is 0.386 e. The molecule has 3 nitrogen and oxygen atoms in total. The Kier molecular flexibility index (Phi) is 1.93. The van der Waals surface area contributed by atoms with Crippen molar-refractivity contribution in [3.63, 3.8) is 0 Å². The minimum absolute atomic E-state index is 0.556. The van der Waals surface area contributed by atoms with E-state index in [4.69, 9.17) is 0 Å². The van der Waals surface area contributed by atoms with Gasteiger partial charge in [0.2, 0.25) is 5.88 Å². The zero-order valence-corrected chi connectivity index (χ0v) is 5.17. The maximum Gasteiger partial charge on any atom is 0.574 e. The van der Waals surface area contributed by atoms with Gasteiger partial charge in [0.05, 0.1) is 0 Å². The van der Waals surface area contributed by atoms with Gasteiger partial charge >= 0.3 is 6.36 Å². The monoisotopic (exact) mass is 164 g/mol. The molecule has 0 radical (unpaired) electrons. The molecule has 0 unspecified atom stereocenters. The highest BCUT2D eigenvalue weighted by molar-refractivity contribution is 5.05. The summed E-state index contributed by atoms with van der Waals surface area (Å²) in [6, 6.07) is 2.37. The molecular weight excluding hydrogens is 161 g/mol. The Balaban J connectivity index is 2.66. The van der Waals surface area contributed by atoms with Crippen molar-refractivity contribution in [2.75, 3.05) is 0 Å². The number of rotatable bonds is 1. The van der Waals surface area contributed by atoms with E-state index in [9.17, 15) is 13.2 Å². The summed E-state index contributed by atoms with van der Waals surface area (Å²) in [5, 5.41) is 6.27. The van der Waals surface area contributed by atoms with E-state index < -0.39 is 12.2 Å². The van der Waals surface area contributed by atoms with Crippen LogP contribution in [-0.2, 0) is 0 Å². The predicted octanol–water partition coefficient (Wildman–Crippen LogP) is 1.38. The number of halogens is 3. The maximum absolute atomic E-state index is 11.5. The lowest BCUT2D eigenvalue weighted by Gasteiger charge is -2.05. The molecule has 1 aromatic rings. The average molecular weight is 164 g/mol. The Labute approximate surface area is 59.8 Å². The molecule has 1 rings (SSSR count). The van der Waals surface area contributed by atoms with Crippen molar-refractivity contribution in [1.82, 2.24) is 10.2 Å². The van der Waals surface area contributed by atoms with Crippen LogP contribution in [0.4, 0.5) is 13.2 Å². The molecule has 1 aromatic heterocycles. The summed E-state index contributed by atoms with van der Waals surface area (Å²) >= 11 is 0. The normalized spacial score (nSPS) is 11.2. The quantitative estimate of drug-likeness (QED) is 0.628. The first-order chi connectivity index (χ1) is 5.08. The largest absolute Gasteiger partial charge is 0.574 e. The summed E-state index contributed by atoms with van der Waals surface area (Å²) in [4.78, 5) is 0. The van der Waals surface area contributed by atoms with Gasteiger partial charge in [0.15, 0.2) is 0 Å². The number of nitrogens with zero attached hydrogens (tertiary/aromatic N) is 2. The van der Waals surface area contributed by atoms with Crippen LogP contribution in [-0.4, -0.2) is 16.6 Å². The highest BCUT2D eigenvalue weighted by Crippen LogP contribution is 2.18. The second kappa shape index (κ2) is 2.73. The third-order valence-corrected chi connectivity index (χ3v) is 0.768. The molecule has 60 valence electrons. The molecule has 11 heavy (non-hydrogen) atoms. The predicted molar refractivity (Wildman–Crippen MR) is 28.7 cm³/mol. The number of alkyl halides is 3. The average Bonchev–Trinajstić information content (AvgIpc) is 1.85. The van der Waals surface area contributed by atoms with Crippen molar-refractivity contribution in [1.29, 1.82) is 0 Å². The zero-order valence-electron chi connectivity index (χ0n) is 5.17. The molecule has 0 aliphatic rings. The second-order valence-corrected chi connectivity index (χ2v) is 1.61.